The number of pyridine rings is 1. The van der Waals surface area contributed by atoms with Crippen molar-refractivity contribution in [1.29, 1.82) is 0 Å². The average molecular weight is 320 g/mol. The lowest BCUT2D eigenvalue weighted by atomic mass is 9.97. The molecule has 1 saturated heterocycles. The number of rotatable bonds is 1. The standard InChI is InChI=1S/C16H21FN4O2/c1-16(2,3)23-15(22)20-8-4-5-11(9-20)14-19-18-13-7-6-12(17)10-21(13)14/h6-7,10-11H,4-5,8-9H2,1-3H3. The van der Waals surface area contributed by atoms with E-state index in [1.54, 1.807) is 15.4 Å². The highest BCUT2D eigenvalue weighted by atomic mass is 19.1. The van der Waals surface area contributed by atoms with Gasteiger partial charge in [-0.2, -0.15) is 0 Å². The van der Waals surface area contributed by atoms with Crippen LogP contribution in [0, 0.1) is 5.82 Å². The molecule has 6 nitrogen and oxygen atoms in total. The van der Waals surface area contributed by atoms with Gasteiger partial charge < -0.3 is 9.64 Å². The molecule has 1 amide bonds. The molecule has 2 aromatic heterocycles. The highest BCUT2D eigenvalue weighted by Gasteiger charge is 2.30. The summed E-state index contributed by atoms with van der Waals surface area (Å²) in [7, 11) is 0. The number of likely N-dealkylation sites (tertiary alicyclic amines) is 1. The molecule has 0 radical (unpaired) electrons. The lowest BCUT2D eigenvalue weighted by Gasteiger charge is -2.33. The predicted molar refractivity (Wildman–Crippen MR) is 82.7 cm³/mol. The third-order valence-corrected chi connectivity index (χ3v) is 3.83. The van der Waals surface area contributed by atoms with E-state index in [0.717, 1.165) is 12.8 Å². The normalized spacial score (nSPS) is 19.1. The van der Waals surface area contributed by atoms with Gasteiger partial charge in [-0.25, -0.2) is 9.18 Å². The molecule has 1 aliphatic heterocycles. The van der Waals surface area contributed by atoms with Crippen molar-refractivity contribution in [2.24, 2.45) is 0 Å². The Labute approximate surface area is 134 Å². The van der Waals surface area contributed by atoms with Crippen LogP contribution in [0.2, 0.25) is 0 Å². The van der Waals surface area contributed by atoms with Gasteiger partial charge in [0.15, 0.2) is 5.65 Å². The first-order valence-electron chi connectivity index (χ1n) is 7.81. The highest BCUT2D eigenvalue weighted by molar-refractivity contribution is 5.68. The zero-order chi connectivity index (χ0) is 16.6. The van der Waals surface area contributed by atoms with Crippen LogP contribution in [0.3, 0.4) is 0 Å². The summed E-state index contributed by atoms with van der Waals surface area (Å²) in [6, 6.07) is 2.96. The van der Waals surface area contributed by atoms with Gasteiger partial charge >= 0.3 is 6.09 Å². The van der Waals surface area contributed by atoms with Gasteiger partial charge in [-0.15, -0.1) is 10.2 Å². The second-order valence-electron chi connectivity index (χ2n) is 6.90. The van der Waals surface area contributed by atoms with Crippen molar-refractivity contribution in [3.8, 4) is 0 Å². The van der Waals surface area contributed by atoms with Crippen molar-refractivity contribution in [3.63, 3.8) is 0 Å². The topological polar surface area (TPSA) is 59.7 Å². The van der Waals surface area contributed by atoms with Crippen LogP contribution in [0.4, 0.5) is 9.18 Å². The smallest absolute Gasteiger partial charge is 0.410 e. The van der Waals surface area contributed by atoms with Crippen molar-refractivity contribution in [1.82, 2.24) is 19.5 Å². The number of carbonyl (C=O) groups excluding carboxylic acids is 1. The number of hydrogen-bond acceptors (Lipinski definition) is 4. The Hall–Kier alpha value is -2.18. The fraction of sp³-hybridized carbons (Fsp3) is 0.562. The van der Waals surface area contributed by atoms with Crippen LogP contribution < -0.4 is 0 Å². The fourth-order valence-electron chi connectivity index (χ4n) is 2.84. The van der Waals surface area contributed by atoms with Gasteiger partial charge in [-0.3, -0.25) is 4.40 Å². The van der Waals surface area contributed by atoms with Crippen LogP contribution in [0.5, 0.6) is 0 Å². The minimum atomic E-state index is -0.519. The maximum absolute atomic E-state index is 13.5. The summed E-state index contributed by atoms with van der Waals surface area (Å²) in [4.78, 5) is 13.9. The molecule has 0 bridgehead atoms. The Morgan fingerprint density at radius 2 is 2.13 bits per heavy atom. The molecule has 7 heteroatoms. The summed E-state index contributed by atoms with van der Waals surface area (Å²) in [5, 5.41) is 8.27. The van der Waals surface area contributed by atoms with Gasteiger partial charge in [0.25, 0.3) is 0 Å². The van der Waals surface area contributed by atoms with Gasteiger partial charge in [0.05, 0.1) is 0 Å². The molecule has 23 heavy (non-hydrogen) atoms. The second-order valence-corrected chi connectivity index (χ2v) is 6.90. The second kappa shape index (κ2) is 5.79. The number of piperidine rings is 1. The van der Waals surface area contributed by atoms with Gasteiger partial charge in [0.1, 0.15) is 17.2 Å². The van der Waals surface area contributed by atoms with Crippen molar-refractivity contribution in [3.05, 3.63) is 30.0 Å². The van der Waals surface area contributed by atoms with Crippen LogP contribution >= 0.6 is 0 Å². The van der Waals surface area contributed by atoms with Crippen LogP contribution in [0.25, 0.3) is 5.65 Å². The largest absolute Gasteiger partial charge is 0.444 e. The van der Waals surface area contributed by atoms with Crippen molar-refractivity contribution in [2.75, 3.05) is 13.1 Å². The van der Waals surface area contributed by atoms with Gasteiger partial charge in [0.2, 0.25) is 0 Å². The quantitative estimate of drug-likeness (QED) is 0.810. The van der Waals surface area contributed by atoms with Crippen LogP contribution in [-0.2, 0) is 4.74 Å². The molecule has 0 spiro atoms. The molecule has 1 aliphatic rings. The van der Waals surface area contributed by atoms with Crippen molar-refractivity contribution >= 4 is 11.7 Å². The monoisotopic (exact) mass is 320 g/mol. The molecule has 0 aliphatic carbocycles. The van der Waals surface area contributed by atoms with Crippen LogP contribution in [0.15, 0.2) is 18.3 Å². The first-order valence-corrected chi connectivity index (χ1v) is 7.81. The fourth-order valence-corrected chi connectivity index (χ4v) is 2.84. The number of aromatic nitrogens is 3. The van der Waals surface area contributed by atoms with E-state index in [2.05, 4.69) is 10.2 Å². The molecule has 0 saturated carbocycles. The molecule has 124 valence electrons. The number of amides is 1. The van der Waals surface area contributed by atoms with Crippen LogP contribution in [0.1, 0.15) is 45.4 Å². The maximum atomic E-state index is 13.5. The van der Waals surface area contributed by atoms with Gasteiger partial charge in [-0.1, -0.05) is 0 Å². The SMILES string of the molecule is CC(C)(C)OC(=O)N1CCCC(c2nnc3ccc(F)cn23)C1. The zero-order valence-electron chi connectivity index (χ0n) is 13.6. The van der Waals surface area contributed by atoms with E-state index in [1.807, 2.05) is 20.8 Å². The molecule has 0 aromatic carbocycles. The van der Waals surface area contributed by atoms with Crippen molar-refractivity contribution in [2.45, 2.75) is 45.1 Å². The molecule has 1 atom stereocenters. The third kappa shape index (κ3) is 3.43. The van der Waals surface area contributed by atoms with E-state index >= 15 is 0 Å². The number of carbonyl (C=O) groups is 1. The maximum Gasteiger partial charge on any atom is 0.410 e. The molecule has 1 fully saturated rings. The lowest BCUT2D eigenvalue weighted by Crippen LogP contribution is -2.42. The van der Waals surface area contributed by atoms with E-state index in [9.17, 15) is 9.18 Å². The molecule has 3 rings (SSSR count). The van der Waals surface area contributed by atoms with Crippen molar-refractivity contribution < 1.29 is 13.9 Å². The Morgan fingerprint density at radius 3 is 2.87 bits per heavy atom. The van der Waals surface area contributed by atoms with E-state index in [1.165, 1.54) is 12.3 Å². The Kier molecular flexibility index (Phi) is 3.95. The van der Waals surface area contributed by atoms with E-state index < -0.39 is 5.60 Å². The number of halogens is 1. The Bertz CT molecular complexity index is 722. The summed E-state index contributed by atoms with van der Waals surface area (Å²) in [6.45, 7) is 6.71. The molecular weight excluding hydrogens is 299 g/mol. The zero-order valence-corrected chi connectivity index (χ0v) is 13.6. The first kappa shape index (κ1) is 15.7. The van der Waals surface area contributed by atoms with E-state index in [-0.39, 0.29) is 17.8 Å². The Morgan fingerprint density at radius 1 is 1.35 bits per heavy atom. The average Bonchev–Trinajstić information content (AvgIpc) is 2.88. The predicted octanol–water partition coefficient (Wildman–Crippen LogP) is 2.98. The minimum Gasteiger partial charge on any atom is -0.444 e. The van der Waals surface area contributed by atoms with Gasteiger partial charge in [0, 0.05) is 25.2 Å². The molecule has 2 aromatic rings. The Balaban J connectivity index is 1.80. The molecular formula is C16H21FN4O2. The molecule has 3 heterocycles. The van der Waals surface area contributed by atoms with E-state index in [0.29, 0.717) is 24.6 Å². The van der Waals surface area contributed by atoms with Gasteiger partial charge in [-0.05, 0) is 45.7 Å². The number of nitrogens with zero attached hydrogens (tertiary/aromatic N) is 4. The third-order valence-electron chi connectivity index (χ3n) is 3.83. The van der Waals surface area contributed by atoms with E-state index in [4.69, 9.17) is 4.74 Å². The summed E-state index contributed by atoms with van der Waals surface area (Å²) < 4.78 is 20.6. The summed E-state index contributed by atoms with van der Waals surface area (Å²) in [5.41, 5.74) is 0.0881. The summed E-state index contributed by atoms with van der Waals surface area (Å²) >= 11 is 0. The first-order chi connectivity index (χ1) is 10.8. The number of ether oxygens (including phenoxy) is 1. The molecule has 0 N–H and O–H groups in total. The molecule has 1 unspecified atom stereocenters. The van der Waals surface area contributed by atoms with Crippen LogP contribution in [-0.4, -0.2) is 44.3 Å². The summed E-state index contributed by atoms with van der Waals surface area (Å²) in [5.74, 6) is 0.374. The number of hydrogen-bond donors (Lipinski definition) is 0. The number of fused-ring (bicyclic) bond motifs is 1. The minimum absolute atomic E-state index is 0.0214. The lowest BCUT2D eigenvalue weighted by molar-refractivity contribution is 0.0195. The highest BCUT2D eigenvalue weighted by Crippen LogP contribution is 2.27. The summed E-state index contributed by atoms with van der Waals surface area (Å²) in [6.07, 6.45) is 2.81.